The smallest absolute Gasteiger partial charge is 0.305 e. The molecule has 0 unspecified atom stereocenters. The van der Waals surface area contributed by atoms with Crippen LogP contribution in [0.3, 0.4) is 0 Å². The zero-order valence-corrected chi connectivity index (χ0v) is 19.0. The number of carbonyl (C=O) groups is 1. The minimum atomic E-state index is 0.00856. The van der Waals surface area contributed by atoms with Crippen LogP contribution in [-0.4, -0.2) is 12.6 Å². The maximum atomic E-state index is 11.7. The van der Waals surface area contributed by atoms with E-state index in [1.54, 1.807) is 0 Å². The van der Waals surface area contributed by atoms with Crippen molar-refractivity contribution in [1.29, 1.82) is 0 Å². The van der Waals surface area contributed by atoms with E-state index in [2.05, 4.69) is 20.8 Å². The van der Waals surface area contributed by atoms with Crippen molar-refractivity contribution in [3.05, 3.63) is 0 Å². The van der Waals surface area contributed by atoms with E-state index in [-0.39, 0.29) is 5.97 Å². The van der Waals surface area contributed by atoms with E-state index in [1.807, 2.05) is 0 Å². The molecule has 0 aromatic carbocycles. The second-order valence-electron chi connectivity index (χ2n) is 8.81. The second kappa shape index (κ2) is 21.8. The van der Waals surface area contributed by atoms with Crippen LogP contribution in [-0.2, 0) is 9.53 Å². The van der Waals surface area contributed by atoms with Crippen LogP contribution in [0, 0.1) is 5.92 Å². The predicted octanol–water partition coefficient (Wildman–Crippen LogP) is 8.62. The van der Waals surface area contributed by atoms with Crippen molar-refractivity contribution < 1.29 is 9.53 Å². The van der Waals surface area contributed by atoms with Crippen molar-refractivity contribution in [2.45, 2.75) is 143 Å². The van der Waals surface area contributed by atoms with E-state index in [9.17, 15) is 4.79 Å². The molecule has 0 amide bonds. The van der Waals surface area contributed by atoms with Gasteiger partial charge >= 0.3 is 5.97 Å². The standard InChI is InChI=1S/C25H50O2/c1-4-5-6-7-8-9-10-11-12-13-14-15-16-20-23-27-25(26)22-19-17-18-21-24(2)3/h24H,4-23H2,1-3H3. The molecule has 0 saturated heterocycles. The van der Waals surface area contributed by atoms with Gasteiger partial charge in [0.2, 0.25) is 0 Å². The van der Waals surface area contributed by atoms with Crippen molar-refractivity contribution in [3.8, 4) is 0 Å². The van der Waals surface area contributed by atoms with E-state index in [0.717, 1.165) is 25.2 Å². The largest absolute Gasteiger partial charge is 0.466 e. The normalized spacial score (nSPS) is 11.3. The van der Waals surface area contributed by atoms with Gasteiger partial charge in [-0.15, -0.1) is 0 Å². The predicted molar refractivity (Wildman–Crippen MR) is 119 cm³/mol. The van der Waals surface area contributed by atoms with Crippen LogP contribution in [0.25, 0.3) is 0 Å². The van der Waals surface area contributed by atoms with Gasteiger partial charge in [-0.2, -0.15) is 0 Å². The summed E-state index contributed by atoms with van der Waals surface area (Å²) >= 11 is 0. The molecule has 162 valence electrons. The Labute approximate surface area is 171 Å². The maximum Gasteiger partial charge on any atom is 0.305 e. The number of hydrogen-bond acceptors (Lipinski definition) is 2. The summed E-state index contributed by atoms with van der Waals surface area (Å²) in [7, 11) is 0. The summed E-state index contributed by atoms with van der Waals surface area (Å²) in [5.74, 6) is 0.784. The number of hydrogen-bond donors (Lipinski definition) is 0. The Morgan fingerprint density at radius 2 is 1.07 bits per heavy atom. The van der Waals surface area contributed by atoms with Gasteiger partial charge < -0.3 is 4.74 Å². The third-order valence-electron chi connectivity index (χ3n) is 5.42. The lowest BCUT2D eigenvalue weighted by Gasteiger charge is -2.06. The molecule has 0 aliphatic carbocycles. The number of unbranched alkanes of at least 4 members (excludes halogenated alkanes) is 15. The van der Waals surface area contributed by atoms with Gasteiger partial charge in [-0.3, -0.25) is 4.79 Å². The zero-order chi connectivity index (χ0) is 20.0. The van der Waals surface area contributed by atoms with Crippen LogP contribution < -0.4 is 0 Å². The third kappa shape index (κ3) is 23.4. The first-order valence-electron chi connectivity index (χ1n) is 12.3. The van der Waals surface area contributed by atoms with Gasteiger partial charge in [-0.1, -0.05) is 124 Å². The summed E-state index contributed by atoms with van der Waals surface area (Å²) in [5.41, 5.74) is 0. The Morgan fingerprint density at radius 1 is 0.630 bits per heavy atom. The van der Waals surface area contributed by atoms with Crippen molar-refractivity contribution in [1.82, 2.24) is 0 Å². The van der Waals surface area contributed by atoms with E-state index >= 15 is 0 Å². The summed E-state index contributed by atoms with van der Waals surface area (Å²) in [6.45, 7) is 7.42. The van der Waals surface area contributed by atoms with Crippen molar-refractivity contribution >= 4 is 5.97 Å². The molecule has 0 radical (unpaired) electrons. The molecule has 0 aromatic heterocycles. The van der Waals surface area contributed by atoms with Crippen molar-refractivity contribution in [2.24, 2.45) is 5.92 Å². The summed E-state index contributed by atoms with van der Waals surface area (Å²) in [6.07, 6.45) is 24.3. The molecule has 0 rings (SSSR count). The molecule has 0 atom stereocenters. The molecule has 0 aliphatic rings. The summed E-state index contributed by atoms with van der Waals surface area (Å²) in [4.78, 5) is 11.7. The summed E-state index contributed by atoms with van der Waals surface area (Å²) < 4.78 is 5.34. The van der Waals surface area contributed by atoms with E-state index in [1.165, 1.54) is 96.3 Å². The van der Waals surface area contributed by atoms with Crippen LogP contribution in [0.4, 0.5) is 0 Å². The molecule has 0 spiro atoms. The first kappa shape index (κ1) is 26.5. The Kier molecular flexibility index (Phi) is 21.3. The molecule has 0 bridgehead atoms. The SMILES string of the molecule is CCCCCCCCCCCCCCCCOC(=O)CCCCCC(C)C. The summed E-state index contributed by atoms with van der Waals surface area (Å²) in [5, 5.41) is 0. The fourth-order valence-corrected chi connectivity index (χ4v) is 3.55. The lowest BCUT2D eigenvalue weighted by molar-refractivity contribution is -0.143. The van der Waals surface area contributed by atoms with Gasteiger partial charge in [-0.25, -0.2) is 0 Å². The molecule has 0 fully saturated rings. The molecule has 27 heavy (non-hydrogen) atoms. The first-order valence-corrected chi connectivity index (χ1v) is 12.3. The topological polar surface area (TPSA) is 26.3 Å². The lowest BCUT2D eigenvalue weighted by Crippen LogP contribution is -2.05. The van der Waals surface area contributed by atoms with Crippen molar-refractivity contribution in [2.75, 3.05) is 6.61 Å². The van der Waals surface area contributed by atoms with E-state index in [0.29, 0.717) is 13.0 Å². The average molecular weight is 383 g/mol. The molecule has 2 heteroatoms. The van der Waals surface area contributed by atoms with Gasteiger partial charge in [0.1, 0.15) is 0 Å². The average Bonchev–Trinajstić information content (AvgIpc) is 2.64. The zero-order valence-electron chi connectivity index (χ0n) is 19.0. The molecule has 0 saturated carbocycles. The quantitative estimate of drug-likeness (QED) is 0.147. The molecule has 0 aromatic rings. The van der Waals surface area contributed by atoms with Crippen LogP contribution in [0.15, 0.2) is 0 Å². The monoisotopic (exact) mass is 382 g/mol. The van der Waals surface area contributed by atoms with Crippen LogP contribution >= 0.6 is 0 Å². The van der Waals surface area contributed by atoms with Gasteiger partial charge in [0.05, 0.1) is 6.61 Å². The van der Waals surface area contributed by atoms with Gasteiger partial charge in [-0.05, 0) is 18.8 Å². The van der Waals surface area contributed by atoms with Crippen LogP contribution in [0.2, 0.25) is 0 Å². The Bertz CT molecular complexity index is 299. The minimum Gasteiger partial charge on any atom is -0.466 e. The third-order valence-corrected chi connectivity index (χ3v) is 5.42. The second-order valence-corrected chi connectivity index (χ2v) is 8.81. The highest BCUT2D eigenvalue weighted by Crippen LogP contribution is 2.13. The highest BCUT2D eigenvalue weighted by molar-refractivity contribution is 5.69. The highest BCUT2D eigenvalue weighted by atomic mass is 16.5. The molecule has 0 heterocycles. The lowest BCUT2D eigenvalue weighted by atomic mass is 10.0. The molecule has 0 N–H and O–H groups in total. The maximum absolute atomic E-state index is 11.7. The van der Waals surface area contributed by atoms with Gasteiger partial charge in [0.15, 0.2) is 0 Å². The molecule has 2 nitrogen and oxygen atoms in total. The Balaban J connectivity index is 3.12. The van der Waals surface area contributed by atoms with Crippen molar-refractivity contribution in [3.63, 3.8) is 0 Å². The van der Waals surface area contributed by atoms with Crippen LogP contribution in [0.5, 0.6) is 0 Å². The summed E-state index contributed by atoms with van der Waals surface area (Å²) in [6, 6.07) is 0. The first-order chi connectivity index (χ1) is 13.2. The number of esters is 1. The number of rotatable bonds is 21. The Hall–Kier alpha value is -0.530. The fraction of sp³-hybridized carbons (Fsp3) is 0.960. The number of ether oxygens (including phenoxy) is 1. The van der Waals surface area contributed by atoms with E-state index in [4.69, 9.17) is 4.74 Å². The highest BCUT2D eigenvalue weighted by Gasteiger charge is 2.03. The Morgan fingerprint density at radius 3 is 1.56 bits per heavy atom. The molecular weight excluding hydrogens is 332 g/mol. The van der Waals surface area contributed by atoms with E-state index < -0.39 is 0 Å². The fourth-order valence-electron chi connectivity index (χ4n) is 3.55. The van der Waals surface area contributed by atoms with Gasteiger partial charge in [0, 0.05) is 6.42 Å². The minimum absolute atomic E-state index is 0.00856. The molecular formula is C25H50O2. The molecule has 0 aliphatic heterocycles. The van der Waals surface area contributed by atoms with Crippen LogP contribution in [0.1, 0.15) is 143 Å². The van der Waals surface area contributed by atoms with Gasteiger partial charge in [0.25, 0.3) is 0 Å². The number of carbonyl (C=O) groups excluding carboxylic acids is 1.